The molecule has 0 fully saturated rings. The predicted octanol–water partition coefficient (Wildman–Crippen LogP) is 5.91. The van der Waals surface area contributed by atoms with Crippen LogP contribution in [0.3, 0.4) is 0 Å². The van der Waals surface area contributed by atoms with E-state index in [9.17, 15) is 4.79 Å². The molecule has 0 radical (unpaired) electrons. The number of allylic oxidation sites excluding steroid dienone is 2. The lowest BCUT2D eigenvalue weighted by Crippen LogP contribution is -2.29. The summed E-state index contributed by atoms with van der Waals surface area (Å²) in [6.07, 6.45) is 6.99. The Morgan fingerprint density at radius 3 is 2.88 bits per heavy atom. The van der Waals surface area contributed by atoms with Gasteiger partial charge in [-0.1, -0.05) is 48.9 Å². The second kappa shape index (κ2) is 7.16. The average molecular weight is 367 g/mol. The van der Waals surface area contributed by atoms with Crippen LogP contribution in [0.1, 0.15) is 49.3 Å². The first-order valence-electron chi connectivity index (χ1n) is 9.29. The monoisotopic (exact) mass is 366 g/mol. The highest BCUT2D eigenvalue weighted by atomic mass is 35.5. The Kier molecular flexibility index (Phi) is 4.73. The first-order chi connectivity index (χ1) is 12.7. The van der Waals surface area contributed by atoms with Crippen molar-refractivity contribution < 1.29 is 4.79 Å². The second-order valence-corrected chi connectivity index (χ2v) is 7.50. The van der Waals surface area contributed by atoms with Gasteiger partial charge in [0, 0.05) is 28.7 Å². The van der Waals surface area contributed by atoms with Crippen LogP contribution in [0.2, 0.25) is 5.02 Å². The van der Waals surface area contributed by atoms with Crippen LogP contribution >= 0.6 is 11.6 Å². The van der Waals surface area contributed by atoms with E-state index in [1.165, 1.54) is 5.56 Å². The number of anilines is 2. The number of carbonyl (C=O) groups excluding carboxylic acids is 1. The quantitative estimate of drug-likeness (QED) is 0.661. The Balaban J connectivity index is 1.67. The Morgan fingerprint density at radius 2 is 2.08 bits per heavy atom. The van der Waals surface area contributed by atoms with E-state index in [4.69, 9.17) is 11.6 Å². The molecule has 2 aromatic carbocycles. The fourth-order valence-corrected chi connectivity index (χ4v) is 4.41. The molecule has 26 heavy (non-hydrogen) atoms. The number of fused-ring (bicyclic) bond motifs is 3. The highest BCUT2D eigenvalue weighted by Crippen LogP contribution is 2.51. The van der Waals surface area contributed by atoms with Crippen LogP contribution in [-0.2, 0) is 4.79 Å². The molecule has 3 nitrogen and oxygen atoms in total. The van der Waals surface area contributed by atoms with Crippen molar-refractivity contribution >= 4 is 28.9 Å². The van der Waals surface area contributed by atoms with E-state index in [0.29, 0.717) is 18.3 Å². The summed E-state index contributed by atoms with van der Waals surface area (Å²) in [5.74, 6) is 0.850. The zero-order chi connectivity index (χ0) is 18.1. The van der Waals surface area contributed by atoms with E-state index >= 15 is 0 Å². The van der Waals surface area contributed by atoms with Crippen LogP contribution in [0.4, 0.5) is 11.4 Å². The number of nitrogens with one attached hydrogen (secondary N) is 2. The summed E-state index contributed by atoms with van der Waals surface area (Å²) in [7, 11) is 0. The molecule has 0 bridgehead atoms. The van der Waals surface area contributed by atoms with Gasteiger partial charge in [-0.2, -0.15) is 0 Å². The average Bonchev–Trinajstić information content (AvgIpc) is 3.12. The summed E-state index contributed by atoms with van der Waals surface area (Å²) < 4.78 is 0. The van der Waals surface area contributed by atoms with Crippen molar-refractivity contribution in [2.45, 2.75) is 38.1 Å². The second-order valence-electron chi connectivity index (χ2n) is 7.10. The molecule has 3 unspecified atom stereocenters. The van der Waals surface area contributed by atoms with Crippen LogP contribution in [0.5, 0.6) is 0 Å². The van der Waals surface area contributed by atoms with Gasteiger partial charge in [-0.3, -0.25) is 4.79 Å². The van der Waals surface area contributed by atoms with Gasteiger partial charge >= 0.3 is 0 Å². The highest BCUT2D eigenvalue weighted by Gasteiger charge is 2.38. The van der Waals surface area contributed by atoms with Crippen molar-refractivity contribution in [1.29, 1.82) is 0 Å². The van der Waals surface area contributed by atoms with E-state index in [1.54, 1.807) is 0 Å². The van der Waals surface area contributed by atoms with Gasteiger partial charge < -0.3 is 10.6 Å². The molecule has 0 aromatic heterocycles. The number of halogens is 1. The van der Waals surface area contributed by atoms with E-state index in [2.05, 4.69) is 41.0 Å². The standard InChI is InChI=1S/C22H23ClN2O/c1-2-6-21(26)24-14-11-12-20-18(13-14)15-8-5-9-16(15)22(25-20)17-7-3-4-10-19(17)23/h3-5,7-8,10-13,15-16,22,25H,2,6,9H2,1H3,(H,24,26). The van der Waals surface area contributed by atoms with Crippen LogP contribution in [0.25, 0.3) is 0 Å². The maximum atomic E-state index is 11.9. The molecule has 1 amide bonds. The maximum Gasteiger partial charge on any atom is 0.224 e. The molecule has 1 heterocycles. The molecule has 0 saturated heterocycles. The Bertz CT molecular complexity index is 861. The predicted molar refractivity (Wildman–Crippen MR) is 108 cm³/mol. The number of hydrogen-bond donors (Lipinski definition) is 2. The van der Waals surface area contributed by atoms with Crippen molar-refractivity contribution in [1.82, 2.24) is 0 Å². The van der Waals surface area contributed by atoms with Crippen molar-refractivity contribution in [3.8, 4) is 0 Å². The first kappa shape index (κ1) is 17.2. The van der Waals surface area contributed by atoms with Crippen molar-refractivity contribution in [3.05, 3.63) is 70.8 Å². The van der Waals surface area contributed by atoms with E-state index in [0.717, 1.165) is 34.8 Å². The SMILES string of the molecule is CCCC(=O)Nc1ccc2c(c1)C1C=CCC1C(c1ccccc1Cl)N2. The number of carbonyl (C=O) groups is 1. The molecule has 2 N–H and O–H groups in total. The molecule has 2 aromatic rings. The minimum atomic E-state index is 0.0728. The lowest BCUT2D eigenvalue weighted by molar-refractivity contribution is -0.116. The third kappa shape index (κ3) is 3.12. The van der Waals surface area contributed by atoms with Gasteiger partial charge in [-0.15, -0.1) is 0 Å². The zero-order valence-corrected chi connectivity index (χ0v) is 15.6. The Hall–Kier alpha value is -2.26. The van der Waals surface area contributed by atoms with Gasteiger partial charge in [-0.25, -0.2) is 0 Å². The molecule has 1 aliphatic carbocycles. The summed E-state index contributed by atoms with van der Waals surface area (Å²) >= 11 is 6.48. The zero-order valence-electron chi connectivity index (χ0n) is 14.8. The first-order valence-corrected chi connectivity index (χ1v) is 9.66. The molecular formula is C22H23ClN2O. The third-order valence-corrected chi connectivity index (χ3v) is 5.71. The highest BCUT2D eigenvalue weighted by molar-refractivity contribution is 6.31. The lowest BCUT2D eigenvalue weighted by Gasteiger charge is -2.38. The van der Waals surface area contributed by atoms with Gasteiger partial charge in [0.15, 0.2) is 0 Å². The number of amides is 1. The van der Waals surface area contributed by atoms with E-state index < -0.39 is 0 Å². The maximum absolute atomic E-state index is 11.9. The molecule has 2 aliphatic rings. The van der Waals surface area contributed by atoms with Gasteiger partial charge in [0.25, 0.3) is 0 Å². The lowest BCUT2D eigenvalue weighted by atomic mass is 9.77. The van der Waals surface area contributed by atoms with Gasteiger partial charge in [0.2, 0.25) is 5.91 Å². The van der Waals surface area contributed by atoms with Crippen LogP contribution in [-0.4, -0.2) is 5.91 Å². The van der Waals surface area contributed by atoms with Crippen LogP contribution < -0.4 is 10.6 Å². The summed E-state index contributed by atoms with van der Waals surface area (Å²) in [6, 6.07) is 14.4. The van der Waals surface area contributed by atoms with E-state index in [1.807, 2.05) is 31.2 Å². The van der Waals surface area contributed by atoms with Gasteiger partial charge in [-0.05, 0) is 54.2 Å². The van der Waals surface area contributed by atoms with Crippen LogP contribution in [0, 0.1) is 5.92 Å². The normalized spacial score (nSPS) is 23.1. The molecule has 3 atom stereocenters. The fourth-order valence-electron chi connectivity index (χ4n) is 4.16. The molecular weight excluding hydrogens is 344 g/mol. The molecule has 0 spiro atoms. The fraction of sp³-hybridized carbons (Fsp3) is 0.318. The number of hydrogen-bond acceptors (Lipinski definition) is 2. The summed E-state index contributed by atoms with van der Waals surface area (Å²) in [6.45, 7) is 2.01. The Labute approximate surface area is 159 Å². The van der Waals surface area contributed by atoms with Crippen molar-refractivity contribution in [3.63, 3.8) is 0 Å². The molecule has 1 aliphatic heterocycles. The van der Waals surface area contributed by atoms with Gasteiger partial charge in [0.1, 0.15) is 0 Å². The molecule has 4 rings (SSSR count). The molecule has 134 valence electrons. The Morgan fingerprint density at radius 1 is 1.23 bits per heavy atom. The minimum Gasteiger partial charge on any atom is -0.378 e. The smallest absolute Gasteiger partial charge is 0.224 e. The number of rotatable bonds is 4. The number of benzene rings is 2. The largest absolute Gasteiger partial charge is 0.378 e. The topological polar surface area (TPSA) is 41.1 Å². The minimum absolute atomic E-state index is 0.0728. The van der Waals surface area contributed by atoms with Gasteiger partial charge in [0.05, 0.1) is 6.04 Å². The summed E-state index contributed by atoms with van der Waals surface area (Å²) in [4.78, 5) is 11.9. The van der Waals surface area contributed by atoms with Crippen molar-refractivity contribution in [2.24, 2.45) is 5.92 Å². The molecule has 0 saturated carbocycles. The third-order valence-electron chi connectivity index (χ3n) is 5.36. The summed E-state index contributed by atoms with van der Waals surface area (Å²) in [5, 5.41) is 7.51. The summed E-state index contributed by atoms with van der Waals surface area (Å²) in [5.41, 5.74) is 4.40. The van der Waals surface area contributed by atoms with E-state index in [-0.39, 0.29) is 11.9 Å². The van der Waals surface area contributed by atoms with Crippen LogP contribution in [0.15, 0.2) is 54.6 Å². The van der Waals surface area contributed by atoms with Crippen molar-refractivity contribution in [2.75, 3.05) is 10.6 Å². The molecule has 4 heteroatoms.